The van der Waals surface area contributed by atoms with E-state index in [0.717, 1.165) is 42.3 Å². The molecule has 0 aliphatic heterocycles. The Morgan fingerprint density at radius 2 is 1.74 bits per heavy atom. The van der Waals surface area contributed by atoms with Crippen LogP contribution >= 0.6 is 23.2 Å². The number of methoxy groups -OCH3 is 1. The van der Waals surface area contributed by atoms with Gasteiger partial charge >= 0.3 is 5.97 Å². The zero-order chi connectivity index (χ0) is 22.0. The summed E-state index contributed by atoms with van der Waals surface area (Å²) in [7, 11) is 1.43. The smallest absolute Gasteiger partial charge is 0.308 e. The van der Waals surface area contributed by atoms with Gasteiger partial charge in [-0.05, 0) is 74.1 Å². The molecule has 5 nitrogen and oxygen atoms in total. The molecule has 0 unspecified atom stereocenters. The summed E-state index contributed by atoms with van der Waals surface area (Å²) in [5.74, 6) is 0.0312. The highest BCUT2D eigenvalue weighted by Crippen LogP contribution is 2.30. The second-order valence-corrected chi connectivity index (χ2v) is 8.87. The average molecular weight is 459 g/mol. The molecule has 1 aliphatic rings. The third-order valence-corrected chi connectivity index (χ3v) is 6.52. The van der Waals surface area contributed by atoms with Crippen LogP contribution in [-0.4, -0.2) is 30.1 Å². The van der Waals surface area contributed by atoms with Crippen molar-refractivity contribution in [3.63, 3.8) is 0 Å². The zero-order valence-corrected chi connectivity index (χ0v) is 18.7. The molecule has 0 atom stereocenters. The first kappa shape index (κ1) is 21.7. The minimum absolute atomic E-state index is 0.0213. The lowest BCUT2D eigenvalue weighted by atomic mass is 9.82. The Balaban J connectivity index is 1.50. The van der Waals surface area contributed by atoms with Crippen LogP contribution in [0.1, 0.15) is 36.0 Å². The Labute approximate surface area is 191 Å². The van der Waals surface area contributed by atoms with Crippen molar-refractivity contribution >= 4 is 46.0 Å². The van der Waals surface area contributed by atoms with Crippen molar-refractivity contribution in [2.75, 3.05) is 13.7 Å². The Hall–Kier alpha value is -2.50. The summed E-state index contributed by atoms with van der Waals surface area (Å²) in [6.45, 7) is 0.570. The molecular formula is C24H24Cl2N2O3. The number of rotatable bonds is 5. The van der Waals surface area contributed by atoms with Crippen LogP contribution in [-0.2, 0) is 9.53 Å². The number of aromatic nitrogens is 1. The third-order valence-electron chi connectivity index (χ3n) is 6.05. The van der Waals surface area contributed by atoms with Crippen molar-refractivity contribution in [1.82, 2.24) is 9.88 Å². The minimum Gasteiger partial charge on any atom is -0.469 e. The number of carbonyl (C=O) groups is 2. The summed E-state index contributed by atoms with van der Waals surface area (Å²) in [5.41, 5.74) is 2.23. The van der Waals surface area contributed by atoms with Gasteiger partial charge in [0, 0.05) is 28.2 Å². The van der Waals surface area contributed by atoms with E-state index in [1.165, 1.54) is 7.11 Å². The lowest BCUT2D eigenvalue weighted by molar-refractivity contribution is -0.146. The maximum Gasteiger partial charge on any atom is 0.308 e. The average Bonchev–Trinajstić information content (AvgIpc) is 3.20. The van der Waals surface area contributed by atoms with E-state index in [9.17, 15) is 9.59 Å². The maximum absolute atomic E-state index is 13.1. The maximum atomic E-state index is 13.1. The number of benzene rings is 2. The Kier molecular flexibility index (Phi) is 6.54. The van der Waals surface area contributed by atoms with Gasteiger partial charge in [-0.2, -0.15) is 0 Å². The molecule has 31 heavy (non-hydrogen) atoms. The van der Waals surface area contributed by atoms with Crippen LogP contribution < -0.4 is 5.32 Å². The summed E-state index contributed by atoms with van der Waals surface area (Å²) in [6.07, 6.45) is 5.31. The standard InChI is InChI=1S/C24H24Cl2N2O3/c1-31-24(30)16-4-2-15(3-5-16)14-27-23(29)20-13-19(26)7-9-22(20)28-11-10-17-12-18(25)6-8-21(17)28/h6-13,15-16H,2-5,14H2,1H3,(H,27,29). The molecular weight excluding hydrogens is 435 g/mol. The molecule has 7 heteroatoms. The number of nitrogens with zero attached hydrogens (tertiary/aromatic N) is 1. The fourth-order valence-electron chi connectivity index (χ4n) is 4.32. The van der Waals surface area contributed by atoms with Crippen LogP contribution in [0.15, 0.2) is 48.7 Å². The first-order valence-electron chi connectivity index (χ1n) is 10.4. The van der Waals surface area contributed by atoms with Gasteiger partial charge in [0.2, 0.25) is 0 Å². The lowest BCUT2D eigenvalue weighted by Gasteiger charge is -2.27. The highest BCUT2D eigenvalue weighted by molar-refractivity contribution is 6.31. The Bertz CT molecular complexity index is 1120. The van der Waals surface area contributed by atoms with Gasteiger partial charge in [0.25, 0.3) is 5.91 Å². The summed E-state index contributed by atoms with van der Waals surface area (Å²) in [6, 6.07) is 13.0. The van der Waals surface area contributed by atoms with Gasteiger partial charge in [-0.3, -0.25) is 9.59 Å². The van der Waals surface area contributed by atoms with Gasteiger partial charge in [0.05, 0.1) is 29.8 Å². The Morgan fingerprint density at radius 1 is 1.03 bits per heavy atom. The summed E-state index contributed by atoms with van der Waals surface area (Å²) in [4.78, 5) is 24.8. The second kappa shape index (κ2) is 9.33. The Morgan fingerprint density at radius 3 is 2.48 bits per heavy atom. The van der Waals surface area contributed by atoms with E-state index in [1.54, 1.807) is 12.1 Å². The van der Waals surface area contributed by atoms with Gasteiger partial charge in [0.1, 0.15) is 0 Å². The van der Waals surface area contributed by atoms with Crippen molar-refractivity contribution in [3.05, 3.63) is 64.3 Å². The zero-order valence-electron chi connectivity index (χ0n) is 17.2. The third kappa shape index (κ3) is 4.73. The molecule has 2 aromatic carbocycles. The second-order valence-electron chi connectivity index (χ2n) is 8.00. The number of fused-ring (bicyclic) bond motifs is 1. The molecule has 3 aromatic rings. The lowest BCUT2D eigenvalue weighted by Crippen LogP contribution is -2.33. The quantitative estimate of drug-likeness (QED) is 0.502. The van der Waals surface area contributed by atoms with Crippen molar-refractivity contribution in [2.24, 2.45) is 11.8 Å². The molecule has 0 saturated heterocycles. The number of carbonyl (C=O) groups excluding carboxylic acids is 2. The van der Waals surface area contributed by atoms with E-state index in [-0.39, 0.29) is 17.8 Å². The number of hydrogen-bond acceptors (Lipinski definition) is 3. The van der Waals surface area contributed by atoms with Crippen LogP contribution in [0.2, 0.25) is 10.0 Å². The molecule has 1 saturated carbocycles. The van der Waals surface area contributed by atoms with E-state index >= 15 is 0 Å². The van der Waals surface area contributed by atoms with Gasteiger partial charge in [-0.15, -0.1) is 0 Å². The molecule has 0 bridgehead atoms. The number of nitrogens with one attached hydrogen (secondary N) is 1. The first-order chi connectivity index (χ1) is 15.0. The number of esters is 1. The molecule has 1 fully saturated rings. The normalized spacial score (nSPS) is 18.7. The summed E-state index contributed by atoms with van der Waals surface area (Å²) < 4.78 is 6.82. The van der Waals surface area contributed by atoms with Gasteiger partial charge in [0.15, 0.2) is 0 Å². The number of amides is 1. The van der Waals surface area contributed by atoms with Crippen molar-refractivity contribution < 1.29 is 14.3 Å². The van der Waals surface area contributed by atoms with Crippen molar-refractivity contribution in [1.29, 1.82) is 0 Å². The number of hydrogen-bond donors (Lipinski definition) is 1. The summed E-state index contributed by atoms with van der Waals surface area (Å²) in [5, 5.41) is 5.24. The van der Waals surface area contributed by atoms with Gasteiger partial charge in [-0.25, -0.2) is 0 Å². The van der Waals surface area contributed by atoms with E-state index in [0.29, 0.717) is 28.1 Å². The first-order valence-corrected chi connectivity index (χ1v) is 11.1. The molecule has 1 amide bonds. The van der Waals surface area contributed by atoms with Crippen LogP contribution in [0.3, 0.4) is 0 Å². The minimum atomic E-state index is -0.164. The largest absolute Gasteiger partial charge is 0.469 e. The molecule has 1 heterocycles. The number of ether oxygens (including phenoxy) is 1. The van der Waals surface area contributed by atoms with E-state index in [4.69, 9.17) is 27.9 Å². The highest BCUT2D eigenvalue weighted by atomic mass is 35.5. The van der Waals surface area contributed by atoms with Gasteiger partial charge in [-0.1, -0.05) is 23.2 Å². The topological polar surface area (TPSA) is 60.3 Å². The predicted octanol–water partition coefficient (Wildman–Crippen LogP) is 5.65. The van der Waals surface area contributed by atoms with E-state index in [1.807, 2.05) is 41.1 Å². The molecule has 162 valence electrons. The predicted molar refractivity (Wildman–Crippen MR) is 123 cm³/mol. The van der Waals surface area contributed by atoms with E-state index in [2.05, 4.69) is 5.32 Å². The highest BCUT2D eigenvalue weighted by Gasteiger charge is 2.27. The van der Waals surface area contributed by atoms with Crippen molar-refractivity contribution in [3.8, 4) is 5.69 Å². The van der Waals surface area contributed by atoms with Crippen LogP contribution in [0.25, 0.3) is 16.6 Å². The fraction of sp³-hybridized carbons (Fsp3) is 0.333. The van der Waals surface area contributed by atoms with Crippen LogP contribution in [0, 0.1) is 11.8 Å². The molecule has 4 rings (SSSR count). The van der Waals surface area contributed by atoms with Gasteiger partial charge < -0.3 is 14.6 Å². The molecule has 0 radical (unpaired) electrons. The molecule has 1 aromatic heterocycles. The van der Waals surface area contributed by atoms with Crippen molar-refractivity contribution in [2.45, 2.75) is 25.7 Å². The fourth-order valence-corrected chi connectivity index (χ4v) is 4.68. The molecule has 1 N–H and O–H groups in total. The van der Waals surface area contributed by atoms with E-state index < -0.39 is 0 Å². The van der Waals surface area contributed by atoms with Crippen LogP contribution in [0.5, 0.6) is 0 Å². The molecule has 1 aliphatic carbocycles. The monoisotopic (exact) mass is 458 g/mol. The molecule has 0 spiro atoms. The SMILES string of the molecule is COC(=O)C1CCC(CNC(=O)c2cc(Cl)ccc2-n2ccc3cc(Cl)ccc32)CC1. The number of halogens is 2. The summed E-state index contributed by atoms with van der Waals surface area (Å²) >= 11 is 12.3. The van der Waals surface area contributed by atoms with Crippen LogP contribution in [0.4, 0.5) is 0 Å².